The fourth-order valence-corrected chi connectivity index (χ4v) is 2.56. The summed E-state index contributed by atoms with van der Waals surface area (Å²) in [4.78, 5) is 2.22. The molecule has 0 aliphatic carbocycles. The summed E-state index contributed by atoms with van der Waals surface area (Å²) in [7, 11) is 0. The molecule has 1 aliphatic rings. The third-order valence-electron chi connectivity index (χ3n) is 3.81. The summed E-state index contributed by atoms with van der Waals surface area (Å²) in [6.07, 6.45) is 0. The van der Waals surface area contributed by atoms with E-state index in [1.807, 2.05) is 0 Å². The Balaban J connectivity index is 2.28. The van der Waals surface area contributed by atoms with Gasteiger partial charge in [-0.3, -0.25) is 4.90 Å². The van der Waals surface area contributed by atoms with Crippen LogP contribution in [0.2, 0.25) is 0 Å². The lowest BCUT2D eigenvalue weighted by Gasteiger charge is -2.31. The van der Waals surface area contributed by atoms with E-state index in [-0.39, 0.29) is 17.4 Å². The average Bonchev–Trinajstić information content (AvgIpc) is 2.76. The van der Waals surface area contributed by atoms with Gasteiger partial charge in [0.15, 0.2) is 11.6 Å². The molecular formula is C15H18F2N2. The third-order valence-corrected chi connectivity index (χ3v) is 3.81. The first-order valence-corrected chi connectivity index (χ1v) is 6.42. The van der Waals surface area contributed by atoms with Gasteiger partial charge in [-0.1, -0.05) is 6.07 Å². The third kappa shape index (κ3) is 2.76. The van der Waals surface area contributed by atoms with E-state index in [9.17, 15) is 14.0 Å². The van der Waals surface area contributed by atoms with E-state index in [4.69, 9.17) is 0 Å². The van der Waals surface area contributed by atoms with E-state index in [2.05, 4.69) is 31.7 Å². The predicted molar refractivity (Wildman–Crippen MR) is 69.5 cm³/mol. The first-order chi connectivity index (χ1) is 8.82. The lowest BCUT2D eigenvalue weighted by atomic mass is 9.90. The summed E-state index contributed by atoms with van der Waals surface area (Å²) in [5.41, 5.74) is 0.680. The van der Waals surface area contributed by atoms with Crippen molar-refractivity contribution in [1.29, 1.82) is 5.26 Å². The SMILES string of the molecule is CC(C)(C)N1C[C@@H](C#N)[C@H](c2ccc(F)c(F)c2)C1. The summed E-state index contributed by atoms with van der Waals surface area (Å²) in [6.45, 7) is 7.65. The second kappa shape index (κ2) is 4.90. The Morgan fingerprint density at radius 2 is 1.89 bits per heavy atom. The molecule has 4 heteroatoms. The van der Waals surface area contributed by atoms with Crippen LogP contribution >= 0.6 is 0 Å². The maximum absolute atomic E-state index is 13.3. The van der Waals surface area contributed by atoms with Crippen LogP contribution in [-0.4, -0.2) is 23.5 Å². The van der Waals surface area contributed by atoms with Gasteiger partial charge in [-0.25, -0.2) is 8.78 Å². The van der Waals surface area contributed by atoms with Crippen LogP contribution in [0.1, 0.15) is 32.3 Å². The van der Waals surface area contributed by atoms with E-state index in [1.165, 1.54) is 6.07 Å². The molecular weight excluding hydrogens is 246 g/mol. The molecule has 0 radical (unpaired) electrons. The average molecular weight is 264 g/mol. The molecule has 0 aromatic heterocycles. The zero-order valence-corrected chi connectivity index (χ0v) is 11.5. The molecule has 1 heterocycles. The molecule has 2 atom stereocenters. The van der Waals surface area contributed by atoms with Crippen LogP contribution in [0.5, 0.6) is 0 Å². The van der Waals surface area contributed by atoms with E-state index >= 15 is 0 Å². The van der Waals surface area contributed by atoms with Crippen molar-refractivity contribution in [2.75, 3.05) is 13.1 Å². The molecule has 2 rings (SSSR count). The Labute approximate surface area is 112 Å². The number of rotatable bonds is 1. The molecule has 0 N–H and O–H groups in total. The Morgan fingerprint density at radius 3 is 2.42 bits per heavy atom. The van der Waals surface area contributed by atoms with Crippen LogP contribution in [0.15, 0.2) is 18.2 Å². The van der Waals surface area contributed by atoms with E-state index in [0.29, 0.717) is 18.7 Å². The molecule has 1 aliphatic heterocycles. The van der Waals surface area contributed by atoms with Gasteiger partial charge in [0.1, 0.15) is 0 Å². The standard InChI is InChI=1S/C15H18F2N2/c1-15(2,3)19-8-11(7-18)12(9-19)10-4-5-13(16)14(17)6-10/h4-6,11-12H,8-9H2,1-3H3/t11-,12+/m1/s1. The molecule has 1 aromatic carbocycles. The van der Waals surface area contributed by atoms with Crippen LogP contribution in [0, 0.1) is 28.9 Å². The van der Waals surface area contributed by atoms with Gasteiger partial charge in [0.25, 0.3) is 0 Å². The van der Waals surface area contributed by atoms with Crippen molar-refractivity contribution in [3.05, 3.63) is 35.4 Å². The van der Waals surface area contributed by atoms with Crippen LogP contribution in [-0.2, 0) is 0 Å². The first kappa shape index (κ1) is 14.0. The van der Waals surface area contributed by atoms with Gasteiger partial charge in [0.05, 0.1) is 12.0 Å². The molecule has 0 amide bonds. The normalized spacial score (nSPS) is 24.4. The zero-order valence-electron chi connectivity index (χ0n) is 11.5. The van der Waals surface area contributed by atoms with Crippen molar-refractivity contribution in [1.82, 2.24) is 4.90 Å². The number of nitriles is 1. The summed E-state index contributed by atoms with van der Waals surface area (Å²) in [6, 6.07) is 6.23. The van der Waals surface area contributed by atoms with Crippen molar-refractivity contribution in [3.8, 4) is 6.07 Å². The first-order valence-electron chi connectivity index (χ1n) is 6.42. The Kier molecular flexibility index (Phi) is 3.60. The zero-order chi connectivity index (χ0) is 14.2. The fourth-order valence-electron chi connectivity index (χ4n) is 2.56. The lowest BCUT2D eigenvalue weighted by Crippen LogP contribution is -2.39. The van der Waals surface area contributed by atoms with Crippen molar-refractivity contribution in [2.45, 2.75) is 32.2 Å². The van der Waals surface area contributed by atoms with E-state index < -0.39 is 11.6 Å². The molecule has 1 fully saturated rings. The second-order valence-electron chi connectivity index (χ2n) is 6.09. The minimum absolute atomic E-state index is 0.0254. The molecule has 102 valence electrons. The Bertz CT molecular complexity index is 514. The summed E-state index contributed by atoms with van der Waals surface area (Å²) in [5, 5.41) is 9.26. The van der Waals surface area contributed by atoms with Gasteiger partial charge in [-0.05, 0) is 38.5 Å². The summed E-state index contributed by atoms with van der Waals surface area (Å²) in [5.74, 6) is -1.92. The Hall–Kier alpha value is -1.47. The quantitative estimate of drug-likeness (QED) is 0.778. The van der Waals surface area contributed by atoms with Crippen molar-refractivity contribution in [2.24, 2.45) is 5.92 Å². The molecule has 0 bridgehead atoms. The summed E-state index contributed by atoms with van der Waals surface area (Å²) >= 11 is 0. The van der Waals surface area contributed by atoms with Gasteiger partial charge in [-0.2, -0.15) is 5.26 Å². The second-order valence-corrected chi connectivity index (χ2v) is 6.09. The lowest BCUT2D eigenvalue weighted by molar-refractivity contribution is 0.170. The molecule has 19 heavy (non-hydrogen) atoms. The highest BCUT2D eigenvalue weighted by atomic mass is 19.2. The smallest absolute Gasteiger partial charge is 0.159 e. The van der Waals surface area contributed by atoms with Crippen molar-refractivity contribution >= 4 is 0 Å². The monoisotopic (exact) mass is 264 g/mol. The van der Waals surface area contributed by atoms with E-state index in [1.54, 1.807) is 6.07 Å². The molecule has 0 saturated carbocycles. The van der Waals surface area contributed by atoms with Gasteiger partial charge < -0.3 is 0 Å². The molecule has 2 nitrogen and oxygen atoms in total. The topological polar surface area (TPSA) is 27.0 Å². The highest BCUT2D eigenvalue weighted by Crippen LogP contribution is 2.36. The number of benzene rings is 1. The van der Waals surface area contributed by atoms with Gasteiger partial charge in [0, 0.05) is 24.5 Å². The molecule has 1 aromatic rings. The van der Waals surface area contributed by atoms with Crippen LogP contribution < -0.4 is 0 Å². The molecule has 1 saturated heterocycles. The van der Waals surface area contributed by atoms with Crippen LogP contribution in [0.25, 0.3) is 0 Å². The number of hydrogen-bond acceptors (Lipinski definition) is 2. The maximum Gasteiger partial charge on any atom is 0.159 e. The number of likely N-dealkylation sites (tertiary alicyclic amines) is 1. The number of hydrogen-bond donors (Lipinski definition) is 0. The largest absolute Gasteiger partial charge is 0.297 e. The molecule has 0 unspecified atom stereocenters. The Morgan fingerprint density at radius 1 is 1.21 bits per heavy atom. The van der Waals surface area contributed by atoms with Crippen LogP contribution in [0.4, 0.5) is 8.78 Å². The fraction of sp³-hybridized carbons (Fsp3) is 0.533. The van der Waals surface area contributed by atoms with Crippen molar-refractivity contribution in [3.63, 3.8) is 0 Å². The van der Waals surface area contributed by atoms with Crippen LogP contribution in [0.3, 0.4) is 0 Å². The van der Waals surface area contributed by atoms with Gasteiger partial charge in [-0.15, -0.1) is 0 Å². The number of nitrogens with zero attached hydrogens (tertiary/aromatic N) is 2. The van der Waals surface area contributed by atoms with E-state index in [0.717, 1.165) is 6.07 Å². The minimum Gasteiger partial charge on any atom is -0.297 e. The maximum atomic E-state index is 13.3. The highest BCUT2D eigenvalue weighted by molar-refractivity contribution is 5.26. The van der Waals surface area contributed by atoms with Crippen molar-refractivity contribution < 1.29 is 8.78 Å². The minimum atomic E-state index is -0.845. The number of halogens is 2. The highest BCUT2D eigenvalue weighted by Gasteiger charge is 2.38. The predicted octanol–water partition coefficient (Wildman–Crippen LogP) is 3.30. The summed E-state index contributed by atoms with van der Waals surface area (Å²) < 4.78 is 26.3. The molecule has 0 spiro atoms. The van der Waals surface area contributed by atoms with Gasteiger partial charge >= 0.3 is 0 Å². The van der Waals surface area contributed by atoms with Gasteiger partial charge in [0.2, 0.25) is 0 Å².